The van der Waals surface area contributed by atoms with Gasteiger partial charge in [0.1, 0.15) is 5.82 Å². The van der Waals surface area contributed by atoms with Crippen molar-refractivity contribution in [2.24, 2.45) is 0 Å². The molecule has 1 aromatic heterocycles. The second-order valence-corrected chi connectivity index (χ2v) is 8.60. The molecule has 5 nitrogen and oxygen atoms in total. The predicted octanol–water partition coefficient (Wildman–Crippen LogP) is 5.73. The third-order valence-electron chi connectivity index (χ3n) is 5.35. The molecule has 0 unspecified atom stereocenters. The zero-order chi connectivity index (χ0) is 23.2. The zero-order valence-corrected chi connectivity index (χ0v) is 19.4. The normalized spacial score (nSPS) is 10.9. The van der Waals surface area contributed by atoms with Crippen molar-refractivity contribution in [2.75, 3.05) is 11.1 Å². The fourth-order valence-corrected chi connectivity index (χ4v) is 4.39. The van der Waals surface area contributed by atoms with Gasteiger partial charge in [-0.1, -0.05) is 79.3 Å². The van der Waals surface area contributed by atoms with Crippen LogP contribution in [-0.4, -0.2) is 26.4 Å². The summed E-state index contributed by atoms with van der Waals surface area (Å²) in [5, 5.41) is 12.2. The largest absolute Gasteiger partial charge is 0.325 e. The lowest BCUT2D eigenvalue weighted by atomic mass is 10.1. The highest BCUT2D eigenvalue weighted by Gasteiger charge is 2.19. The van der Waals surface area contributed by atoms with E-state index in [0.717, 1.165) is 28.8 Å². The van der Waals surface area contributed by atoms with Crippen LogP contribution in [0.5, 0.6) is 0 Å². The average Bonchev–Trinajstić information content (AvgIpc) is 3.22. The number of aryl methyl sites for hydroxylation is 2. The van der Waals surface area contributed by atoms with Gasteiger partial charge in [0.2, 0.25) is 5.91 Å². The Morgan fingerprint density at radius 3 is 2.52 bits per heavy atom. The number of nitrogens with one attached hydrogen (secondary N) is 1. The number of carbonyl (C=O) groups excluding carboxylic acids is 1. The van der Waals surface area contributed by atoms with Crippen LogP contribution in [0.1, 0.15) is 23.6 Å². The van der Waals surface area contributed by atoms with Gasteiger partial charge in [0.05, 0.1) is 17.9 Å². The first-order chi connectivity index (χ1) is 16.1. The van der Waals surface area contributed by atoms with E-state index in [1.54, 1.807) is 18.2 Å². The minimum atomic E-state index is -0.361. The Bertz CT molecular complexity index is 1260. The summed E-state index contributed by atoms with van der Waals surface area (Å²) in [5.74, 6) is 0.125. The van der Waals surface area contributed by atoms with E-state index >= 15 is 0 Å². The fourth-order valence-electron chi connectivity index (χ4n) is 3.65. The van der Waals surface area contributed by atoms with Gasteiger partial charge in [-0.05, 0) is 42.2 Å². The van der Waals surface area contributed by atoms with Gasteiger partial charge in [0.25, 0.3) is 0 Å². The second-order valence-electron chi connectivity index (χ2n) is 7.66. The number of para-hydroxylation sites is 1. The molecular weight excluding hydrogens is 435 g/mol. The van der Waals surface area contributed by atoms with Crippen LogP contribution in [0.2, 0.25) is 0 Å². The average molecular weight is 461 g/mol. The molecule has 0 aliphatic carbocycles. The van der Waals surface area contributed by atoms with E-state index in [0.29, 0.717) is 23.1 Å². The fraction of sp³-hybridized carbons (Fsp3) is 0.192. The molecule has 0 spiro atoms. The molecule has 0 radical (unpaired) electrons. The molecule has 4 rings (SSSR count). The Morgan fingerprint density at radius 2 is 1.76 bits per heavy atom. The minimum Gasteiger partial charge on any atom is -0.325 e. The number of anilines is 1. The van der Waals surface area contributed by atoms with E-state index in [1.807, 2.05) is 60.0 Å². The number of benzene rings is 3. The van der Waals surface area contributed by atoms with E-state index in [2.05, 4.69) is 22.4 Å². The van der Waals surface area contributed by atoms with Crippen LogP contribution in [-0.2, 0) is 17.8 Å². The Balaban J connectivity index is 1.57. The van der Waals surface area contributed by atoms with Gasteiger partial charge in [0, 0.05) is 5.69 Å². The lowest BCUT2D eigenvalue weighted by Crippen LogP contribution is -2.17. The van der Waals surface area contributed by atoms with Crippen molar-refractivity contribution in [1.82, 2.24) is 14.8 Å². The first kappa shape index (κ1) is 22.7. The maximum absolute atomic E-state index is 14.5. The Morgan fingerprint density at radius 1 is 1.00 bits per heavy atom. The first-order valence-corrected chi connectivity index (χ1v) is 11.8. The molecule has 0 bridgehead atoms. The monoisotopic (exact) mass is 460 g/mol. The number of rotatable bonds is 8. The van der Waals surface area contributed by atoms with Gasteiger partial charge in [-0.3, -0.25) is 9.36 Å². The summed E-state index contributed by atoms with van der Waals surface area (Å²) >= 11 is 1.29. The van der Waals surface area contributed by atoms with Crippen molar-refractivity contribution in [2.45, 2.75) is 32.0 Å². The summed E-state index contributed by atoms with van der Waals surface area (Å²) in [5.41, 5.74) is 4.41. The molecule has 1 N–H and O–H groups in total. The SMILES string of the molecule is CCc1cccc(C)c1NC(=O)CSc1nnc(-c2ccccc2F)n1Cc1ccccc1. The molecule has 0 saturated carbocycles. The van der Waals surface area contributed by atoms with Crippen molar-refractivity contribution in [1.29, 1.82) is 0 Å². The van der Waals surface area contributed by atoms with Gasteiger partial charge in [-0.2, -0.15) is 0 Å². The molecule has 168 valence electrons. The zero-order valence-electron chi connectivity index (χ0n) is 18.6. The first-order valence-electron chi connectivity index (χ1n) is 10.8. The highest BCUT2D eigenvalue weighted by molar-refractivity contribution is 7.99. The predicted molar refractivity (Wildman–Crippen MR) is 131 cm³/mol. The van der Waals surface area contributed by atoms with Crippen LogP contribution in [0, 0.1) is 12.7 Å². The quantitative estimate of drug-likeness (QED) is 0.341. The van der Waals surface area contributed by atoms with Crippen molar-refractivity contribution >= 4 is 23.4 Å². The number of thioether (sulfide) groups is 1. The Kier molecular flexibility index (Phi) is 7.19. The molecule has 1 heterocycles. The summed E-state index contributed by atoms with van der Waals surface area (Å²) in [7, 11) is 0. The molecule has 0 atom stereocenters. The van der Waals surface area contributed by atoms with Gasteiger partial charge in [-0.25, -0.2) is 4.39 Å². The summed E-state index contributed by atoms with van der Waals surface area (Å²) in [6.07, 6.45) is 0.835. The highest BCUT2D eigenvalue weighted by Crippen LogP contribution is 2.27. The summed E-state index contributed by atoms with van der Waals surface area (Å²) in [6, 6.07) is 22.4. The van der Waals surface area contributed by atoms with Crippen molar-refractivity contribution in [3.8, 4) is 11.4 Å². The molecule has 0 saturated heterocycles. The lowest BCUT2D eigenvalue weighted by molar-refractivity contribution is -0.113. The summed E-state index contributed by atoms with van der Waals surface area (Å²) < 4.78 is 16.4. The van der Waals surface area contributed by atoms with E-state index in [4.69, 9.17) is 0 Å². The standard InChI is InChI=1S/C26H25FN4OS/c1-3-20-13-9-10-18(2)24(20)28-23(32)17-33-26-30-29-25(21-14-7-8-15-22(21)27)31(26)16-19-11-5-4-6-12-19/h4-15H,3,16-17H2,1-2H3,(H,28,32). The van der Waals surface area contributed by atoms with Crippen molar-refractivity contribution in [3.63, 3.8) is 0 Å². The number of aromatic nitrogens is 3. The number of amides is 1. The third kappa shape index (κ3) is 5.31. The van der Waals surface area contributed by atoms with Gasteiger partial charge in [-0.15, -0.1) is 10.2 Å². The molecule has 33 heavy (non-hydrogen) atoms. The van der Waals surface area contributed by atoms with Crippen LogP contribution in [0.4, 0.5) is 10.1 Å². The Labute approximate surface area is 197 Å². The minimum absolute atomic E-state index is 0.120. The molecular formula is C26H25FN4OS. The molecule has 0 aliphatic rings. The molecule has 0 aliphatic heterocycles. The van der Waals surface area contributed by atoms with Gasteiger partial charge >= 0.3 is 0 Å². The molecule has 3 aromatic carbocycles. The van der Waals surface area contributed by atoms with E-state index in [-0.39, 0.29) is 17.5 Å². The van der Waals surface area contributed by atoms with Crippen molar-refractivity contribution in [3.05, 3.63) is 95.3 Å². The summed E-state index contributed by atoms with van der Waals surface area (Å²) in [4.78, 5) is 12.8. The highest BCUT2D eigenvalue weighted by atomic mass is 32.2. The number of hydrogen-bond donors (Lipinski definition) is 1. The van der Waals surface area contributed by atoms with Crippen LogP contribution in [0.15, 0.2) is 78.0 Å². The number of halogens is 1. The van der Waals surface area contributed by atoms with E-state index in [1.165, 1.54) is 17.8 Å². The lowest BCUT2D eigenvalue weighted by Gasteiger charge is -2.13. The van der Waals surface area contributed by atoms with Gasteiger partial charge < -0.3 is 5.32 Å². The number of carbonyl (C=O) groups is 1. The molecule has 0 fully saturated rings. The maximum Gasteiger partial charge on any atom is 0.234 e. The molecule has 7 heteroatoms. The third-order valence-corrected chi connectivity index (χ3v) is 6.32. The molecule has 1 amide bonds. The van der Waals surface area contributed by atoms with Gasteiger partial charge in [0.15, 0.2) is 11.0 Å². The topological polar surface area (TPSA) is 59.8 Å². The number of nitrogens with zero attached hydrogens (tertiary/aromatic N) is 3. The van der Waals surface area contributed by atoms with Crippen LogP contribution >= 0.6 is 11.8 Å². The van der Waals surface area contributed by atoms with E-state index in [9.17, 15) is 9.18 Å². The second kappa shape index (κ2) is 10.4. The number of hydrogen-bond acceptors (Lipinski definition) is 4. The van der Waals surface area contributed by atoms with Crippen LogP contribution in [0.25, 0.3) is 11.4 Å². The molecule has 4 aromatic rings. The van der Waals surface area contributed by atoms with Crippen LogP contribution in [0.3, 0.4) is 0 Å². The smallest absolute Gasteiger partial charge is 0.234 e. The maximum atomic E-state index is 14.5. The summed E-state index contributed by atoms with van der Waals surface area (Å²) in [6.45, 7) is 4.52. The van der Waals surface area contributed by atoms with E-state index < -0.39 is 0 Å². The van der Waals surface area contributed by atoms with Crippen LogP contribution < -0.4 is 5.32 Å². The Hall–Kier alpha value is -3.45. The van der Waals surface area contributed by atoms with Crippen molar-refractivity contribution < 1.29 is 9.18 Å².